The zero-order valence-electron chi connectivity index (χ0n) is 13.9. The van der Waals surface area contributed by atoms with E-state index >= 15 is 0 Å². The molecular weight excluding hydrogens is 316 g/mol. The summed E-state index contributed by atoms with van der Waals surface area (Å²) in [5.41, 5.74) is 1.70. The van der Waals surface area contributed by atoms with Gasteiger partial charge in [-0.2, -0.15) is 0 Å². The van der Waals surface area contributed by atoms with Crippen molar-refractivity contribution in [2.45, 2.75) is 38.1 Å². The molecular formula is C19H20N4O2. The minimum Gasteiger partial charge on any atom is -0.463 e. The normalized spacial score (nSPS) is 15.2. The van der Waals surface area contributed by atoms with Gasteiger partial charge in [0.15, 0.2) is 11.5 Å². The van der Waals surface area contributed by atoms with Crippen molar-refractivity contribution in [3.8, 4) is 17.1 Å². The Morgan fingerprint density at radius 2 is 1.88 bits per heavy atom. The molecule has 6 nitrogen and oxygen atoms in total. The summed E-state index contributed by atoms with van der Waals surface area (Å²) in [6.45, 7) is 0. The van der Waals surface area contributed by atoms with Crippen molar-refractivity contribution in [2.24, 2.45) is 0 Å². The maximum atomic E-state index is 12.8. The number of hydrogen-bond donors (Lipinski definition) is 1. The Kier molecular flexibility index (Phi) is 4.33. The number of nitrogens with zero attached hydrogens (tertiary/aromatic N) is 3. The van der Waals surface area contributed by atoms with Crippen molar-refractivity contribution in [3.63, 3.8) is 0 Å². The maximum absolute atomic E-state index is 12.8. The van der Waals surface area contributed by atoms with Crippen molar-refractivity contribution in [1.29, 1.82) is 0 Å². The lowest BCUT2D eigenvalue weighted by Crippen LogP contribution is -2.36. The molecule has 0 bridgehead atoms. The van der Waals surface area contributed by atoms with Crippen molar-refractivity contribution < 1.29 is 9.21 Å². The molecule has 1 fully saturated rings. The smallest absolute Gasteiger partial charge is 0.274 e. The summed E-state index contributed by atoms with van der Waals surface area (Å²) in [5.74, 6) is 0.378. The van der Waals surface area contributed by atoms with Gasteiger partial charge in [-0.05, 0) is 37.1 Å². The Morgan fingerprint density at radius 3 is 2.60 bits per heavy atom. The fourth-order valence-corrected chi connectivity index (χ4v) is 3.32. The highest BCUT2D eigenvalue weighted by Gasteiger charge is 2.26. The monoisotopic (exact) mass is 336 g/mol. The lowest BCUT2D eigenvalue weighted by atomic mass is 9.95. The molecule has 0 saturated heterocycles. The fraction of sp³-hybridized carbons (Fsp3) is 0.316. The van der Waals surface area contributed by atoms with Crippen LogP contribution in [0.3, 0.4) is 0 Å². The number of para-hydroxylation sites is 1. The number of benzene rings is 1. The molecule has 1 saturated carbocycles. The zero-order valence-corrected chi connectivity index (χ0v) is 13.9. The van der Waals surface area contributed by atoms with Crippen LogP contribution < -0.4 is 5.32 Å². The Morgan fingerprint density at radius 1 is 1.08 bits per heavy atom. The maximum Gasteiger partial charge on any atom is 0.274 e. The highest BCUT2D eigenvalue weighted by Crippen LogP contribution is 2.26. The van der Waals surface area contributed by atoms with Crippen LogP contribution in [0.25, 0.3) is 17.1 Å². The molecule has 128 valence electrons. The van der Waals surface area contributed by atoms with Crippen molar-refractivity contribution in [1.82, 2.24) is 20.3 Å². The summed E-state index contributed by atoms with van der Waals surface area (Å²) in [7, 11) is 0. The van der Waals surface area contributed by atoms with E-state index in [1.807, 2.05) is 36.4 Å². The first kappa shape index (κ1) is 15.6. The zero-order chi connectivity index (χ0) is 17.1. The van der Waals surface area contributed by atoms with Crippen LogP contribution in [-0.4, -0.2) is 26.9 Å². The average Bonchev–Trinajstić information content (AvgIpc) is 3.32. The predicted molar refractivity (Wildman–Crippen MR) is 93.4 cm³/mol. The molecule has 1 N–H and O–H groups in total. The minimum atomic E-state index is -0.194. The van der Waals surface area contributed by atoms with Gasteiger partial charge in [0.25, 0.3) is 5.91 Å². The topological polar surface area (TPSA) is 73.0 Å². The van der Waals surface area contributed by atoms with E-state index in [0.29, 0.717) is 17.1 Å². The van der Waals surface area contributed by atoms with Crippen LogP contribution in [0.1, 0.15) is 42.6 Å². The molecule has 1 amide bonds. The van der Waals surface area contributed by atoms with Crippen molar-refractivity contribution in [2.75, 3.05) is 0 Å². The molecule has 1 aromatic carbocycles. The Hall–Kier alpha value is -2.89. The molecule has 2 aromatic heterocycles. The SMILES string of the molecule is O=C(NC1CCCCC1)c1nnn(-c2ccccc2)c1-c1ccco1. The number of furan rings is 1. The number of hydrogen-bond acceptors (Lipinski definition) is 4. The van der Waals surface area contributed by atoms with Gasteiger partial charge >= 0.3 is 0 Å². The molecule has 0 spiro atoms. The second kappa shape index (κ2) is 6.93. The number of amides is 1. The van der Waals surface area contributed by atoms with E-state index in [9.17, 15) is 4.79 Å². The lowest BCUT2D eigenvalue weighted by molar-refractivity contribution is 0.0923. The fourth-order valence-electron chi connectivity index (χ4n) is 3.32. The molecule has 25 heavy (non-hydrogen) atoms. The summed E-state index contributed by atoms with van der Waals surface area (Å²) >= 11 is 0. The molecule has 2 heterocycles. The van der Waals surface area contributed by atoms with Gasteiger partial charge in [-0.1, -0.05) is 42.7 Å². The summed E-state index contributed by atoms with van der Waals surface area (Å²) in [5, 5.41) is 11.5. The van der Waals surface area contributed by atoms with Crippen molar-refractivity contribution >= 4 is 5.91 Å². The third kappa shape index (κ3) is 3.20. The summed E-state index contributed by atoms with van der Waals surface area (Å²) in [4.78, 5) is 12.8. The minimum absolute atomic E-state index is 0.194. The van der Waals surface area contributed by atoms with E-state index in [2.05, 4.69) is 15.6 Å². The largest absolute Gasteiger partial charge is 0.463 e. The van der Waals surface area contributed by atoms with Gasteiger partial charge in [0, 0.05) is 6.04 Å². The predicted octanol–water partition coefficient (Wildman–Crippen LogP) is 3.59. The quantitative estimate of drug-likeness (QED) is 0.790. The van der Waals surface area contributed by atoms with E-state index in [4.69, 9.17) is 4.42 Å². The summed E-state index contributed by atoms with van der Waals surface area (Å²) < 4.78 is 7.19. The molecule has 4 rings (SSSR count). The van der Waals surface area contributed by atoms with Gasteiger partial charge in [-0.25, -0.2) is 4.68 Å². The first-order valence-electron chi connectivity index (χ1n) is 8.69. The van der Waals surface area contributed by atoms with Gasteiger partial charge in [0.1, 0.15) is 5.69 Å². The third-order valence-corrected chi connectivity index (χ3v) is 4.58. The van der Waals surface area contributed by atoms with Gasteiger partial charge in [-0.3, -0.25) is 4.79 Å². The number of rotatable bonds is 4. The number of aromatic nitrogens is 3. The van der Waals surface area contributed by atoms with Crippen LogP contribution in [-0.2, 0) is 0 Å². The molecule has 1 aliphatic rings. The van der Waals surface area contributed by atoms with E-state index in [1.54, 1.807) is 17.0 Å². The average molecular weight is 336 g/mol. The van der Waals surface area contributed by atoms with Gasteiger partial charge in [0.05, 0.1) is 12.0 Å². The van der Waals surface area contributed by atoms with Crippen LogP contribution in [0.5, 0.6) is 0 Å². The van der Waals surface area contributed by atoms with E-state index < -0.39 is 0 Å². The first-order valence-corrected chi connectivity index (χ1v) is 8.69. The Labute approximate surface area is 145 Å². The molecule has 0 atom stereocenters. The van der Waals surface area contributed by atoms with Crippen LogP contribution in [0, 0.1) is 0 Å². The highest BCUT2D eigenvalue weighted by atomic mass is 16.3. The van der Waals surface area contributed by atoms with Crippen molar-refractivity contribution in [3.05, 3.63) is 54.4 Å². The van der Waals surface area contributed by atoms with Crippen LogP contribution in [0.4, 0.5) is 0 Å². The van der Waals surface area contributed by atoms with Crippen LogP contribution in [0.2, 0.25) is 0 Å². The standard InChI is InChI=1S/C19H20N4O2/c24-19(20-14-8-3-1-4-9-14)17-18(16-12-7-13-25-16)23(22-21-17)15-10-5-2-6-11-15/h2,5-7,10-14H,1,3-4,8-9H2,(H,20,24). The van der Waals surface area contributed by atoms with Crippen LogP contribution in [0.15, 0.2) is 53.1 Å². The van der Waals surface area contributed by atoms with Gasteiger partial charge in [-0.15, -0.1) is 5.10 Å². The second-order valence-electron chi connectivity index (χ2n) is 6.32. The highest BCUT2D eigenvalue weighted by molar-refractivity contribution is 5.97. The van der Waals surface area contributed by atoms with E-state index in [0.717, 1.165) is 31.4 Å². The molecule has 0 aliphatic heterocycles. The van der Waals surface area contributed by atoms with Gasteiger partial charge in [0.2, 0.25) is 0 Å². The number of nitrogens with one attached hydrogen (secondary N) is 1. The lowest BCUT2D eigenvalue weighted by Gasteiger charge is -2.22. The molecule has 0 radical (unpaired) electrons. The Bertz CT molecular complexity index is 834. The van der Waals surface area contributed by atoms with Crippen LogP contribution >= 0.6 is 0 Å². The summed E-state index contributed by atoms with van der Waals surface area (Å²) in [6, 6.07) is 13.4. The molecule has 3 aromatic rings. The molecule has 1 aliphatic carbocycles. The second-order valence-corrected chi connectivity index (χ2v) is 6.32. The number of carbonyl (C=O) groups is 1. The Balaban J connectivity index is 1.70. The third-order valence-electron chi connectivity index (χ3n) is 4.58. The van der Waals surface area contributed by atoms with Gasteiger partial charge < -0.3 is 9.73 Å². The number of carbonyl (C=O) groups excluding carboxylic acids is 1. The van der Waals surface area contributed by atoms with E-state index in [-0.39, 0.29) is 11.9 Å². The first-order chi connectivity index (χ1) is 12.3. The molecule has 0 unspecified atom stereocenters. The summed E-state index contributed by atoms with van der Waals surface area (Å²) in [6.07, 6.45) is 7.19. The van der Waals surface area contributed by atoms with E-state index in [1.165, 1.54) is 6.42 Å². The molecule has 6 heteroatoms.